The average molecular weight is 440 g/mol. The molecule has 1 aliphatic heterocycles. The number of hydrogen-bond donors (Lipinski definition) is 1. The molecule has 1 N–H and O–H groups in total. The van der Waals surface area contributed by atoms with E-state index in [9.17, 15) is 14.7 Å². The Morgan fingerprint density at radius 2 is 1.77 bits per heavy atom. The first-order valence-corrected chi connectivity index (χ1v) is 14.4. The van der Waals surface area contributed by atoms with Crippen molar-refractivity contribution in [2.75, 3.05) is 6.61 Å². The van der Waals surface area contributed by atoms with E-state index in [-0.39, 0.29) is 18.9 Å². The quantitative estimate of drug-likeness (QED) is 0.552. The number of ether oxygens (including phenoxy) is 1. The van der Waals surface area contributed by atoms with Crippen molar-refractivity contribution in [3.05, 3.63) is 63.7 Å². The van der Waals surface area contributed by atoms with Gasteiger partial charge in [-0.3, -0.25) is 4.79 Å². The van der Waals surface area contributed by atoms with Crippen LogP contribution in [0.3, 0.4) is 0 Å². The lowest BCUT2D eigenvalue weighted by Gasteiger charge is -2.36. The number of carbonyl (C=O) groups excluding carboxylic acids is 2. The van der Waals surface area contributed by atoms with Crippen molar-refractivity contribution in [1.82, 2.24) is 4.90 Å². The van der Waals surface area contributed by atoms with Gasteiger partial charge in [-0.25, -0.2) is 4.79 Å². The summed E-state index contributed by atoms with van der Waals surface area (Å²) in [5.41, 5.74) is 5.82. The molecule has 1 heterocycles. The number of nitrogens with zero attached hydrogens (tertiary/aromatic N) is 1. The van der Waals surface area contributed by atoms with E-state index < -0.39 is 20.1 Å². The summed E-state index contributed by atoms with van der Waals surface area (Å²) in [5, 5.41) is 12.0. The summed E-state index contributed by atoms with van der Waals surface area (Å²) < 4.78 is 5.12. The van der Waals surface area contributed by atoms with E-state index in [0.29, 0.717) is 18.7 Å². The SMILES string of the molecule is CCOC(=O)[C@@H](O)c1c(C)c2c(c(C)c1[Si](C)(C)C)CN(Cc1ccccc1)C(=O)C2. The van der Waals surface area contributed by atoms with Gasteiger partial charge in [-0.15, -0.1) is 0 Å². The fourth-order valence-electron chi connectivity index (χ4n) is 4.75. The lowest BCUT2D eigenvalue weighted by atomic mass is 9.86. The molecule has 6 heteroatoms. The highest BCUT2D eigenvalue weighted by molar-refractivity contribution is 6.89. The highest BCUT2D eigenvalue weighted by Gasteiger charge is 2.36. The van der Waals surface area contributed by atoms with Crippen molar-refractivity contribution in [1.29, 1.82) is 0 Å². The second-order valence-corrected chi connectivity index (χ2v) is 14.3. The Balaban J connectivity index is 2.12. The Kier molecular flexibility index (Phi) is 6.72. The zero-order valence-corrected chi connectivity index (χ0v) is 20.4. The third-order valence-electron chi connectivity index (χ3n) is 6.10. The highest BCUT2D eigenvalue weighted by atomic mass is 28.3. The molecule has 1 aliphatic rings. The van der Waals surface area contributed by atoms with Crippen LogP contribution < -0.4 is 5.19 Å². The van der Waals surface area contributed by atoms with Gasteiger partial charge in [-0.2, -0.15) is 0 Å². The second kappa shape index (κ2) is 8.97. The van der Waals surface area contributed by atoms with E-state index in [1.54, 1.807) is 6.92 Å². The first kappa shape index (κ1) is 23.2. The third-order valence-corrected chi connectivity index (χ3v) is 8.24. The van der Waals surface area contributed by atoms with Gasteiger partial charge in [0.1, 0.15) is 0 Å². The van der Waals surface area contributed by atoms with E-state index in [4.69, 9.17) is 4.74 Å². The minimum absolute atomic E-state index is 0.0659. The molecule has 0 saturated carbocycles. The van der Waals surface area contributed by atoms with Crippen molar-refractivity contribution < 1.29 is 19.4 Å². The number of hydrogen-bond acceptors (Lipinski definition) is 4. The van der Waals surface area contributed by atoms with Crippen LogP contribution in [0.4, 0.5) is 0 Å². The lowest BCUT2D eigenvalue weighted by Crippen LogP contribution is -2.47. The van der Waals surface area contributed by atoms with E-state index in [0.717, 1.165) is 33.0 Å². The molecule has 166 valence electrons. The van der Waals surface area contributed by atoms with Gasteiger partial charge < -0.3 is 14.7 Å². The molecule has 1 atom stereocenters. The van der Waals surface area contributed by atoms with Crippen LogP contribution in [-0.2, 0) is 33.8 Å². The first-order chi connectivity index (χ1) is 14.6. The molecule has 2 aromatic rings. The van der Waals surface area contributed by atoms with Crippen LogP contribution in [0, 0.1) is 13.8 Å². The summed E-state index contributed by atoms with van der Waals surface area (Å²) in [6.45, 7) is 13.7. The van der Waals surface area contributed by atoms with Crippen LogP contribution >= 0.6 is 0 Å². The van der Waals surface area contributed by atoms with Crippen molar-refractivity contribution in [2.45, 2.75) is 66.0 Å². The maximum atomic E-state index is 13.0. The smallest absolute Gasteiger partial charge is 0.339 e. The molecule has 2 aromatic carbocycles. The molecule has 31 heavy (non-hydrogen) atoms. The van der Waals surface area contributed by atoms with Gasteiger partial charge in [0.15, 0.2) is 6.10 Å². The fraction of sp³-hybridized carbons (Fsp3) is 0.440. The first-order valence-electron chi connectivity index (χ1n) is 10.9. The number of esters is 1. The maximum Gasteiger partial charge on any atom is 0.339 e. The number of aliphatic hydroxyl groups excluding tert-OH is 1. The number of rotatable bonds is 6. The molecule has 0 unspecified atom stereocenters. The average Bonchev–Trinajstić information content (AvgIpc) is 2.71. The van der Waals surface area contributed by atoms with Gasteiger partial charge in [0, 0.05) is 13.1 Å². The molecular weight excluding hydrogens is 406 g/mol. The normalized spacial score (nSPS) is 14.9. The third kappa shape index (κ3) is 4.60. The molecule has 1 amide bonds. The fourth-order valence-corrected chi connectivity index (χ4v) is 7.15. The van der Waals surface area contributed by atoms with Crippen molar-refractivity contribution in [2.24, 2.45) is 0 Å². The molecule has 0 aliphatic carbocycles. The largest absolute Gasteiger partial charge is 0.464 e. The van der Waals surface area contributed by atoms with Crippen LogP contribution in [0.2, 0.25) is 19.6 Å². The monoisotopic (exact) mass is 439 g/mol. The van der Waals surface area contributed by atoms with Crippen LogP contribution in [-0.4, -0.2) is 36.6 Å². The number of fused-ring (bicyclic) bond motifs is 1. The summed E-state index contributed by atoms with van der Waals surface area (Å²) in [5.74, 6) is -0.562. The van der Waals surface area contributed by atoms with Crippen LogP contribution in [0.5, 0.6) is 0 Å². The van der Waals surface area contributed by atoms with Gasteiger partial charge in [0.2, 0.25) is 5.91 Å². The number of amides is 1. The lowest BCUT2D eigenvalue weighted by molar-refractivity contribution is -0.153. The topological polar surface area (TPSA) is 66.8 Å². The molecule has 0 saturated heterocycles. The molecule has 0 fully saturated rings. The molecule has 0 spiro atoms. The second-order valence-electron chi connectivity index (χ2n) is 9.31. The standard InChI is InChI=1S/C25H33NO4Si/c1-7-30-25(29)23(28)22-16(2)19-13-21(27)26(14-18-11-9-8-10-12-18)15-20(19)17(3)24(22)31(4,5)6/h8-12,23,28H,7,13-15H2,1-6H3/t23-/m0/s1. The highest BCUT2D eigenvalue weighted by Crippen LogP contribution is 2.33. The van der Waals surface area contributed by atoms with E-state index in [1.807, 2.05) is 42.2 Å². The zero-order chi connectivity index (χ0) is 22.9. The van der Waals surface area contributed by atoms with E-state index in [2.05, 4.69) is 26.6 Å². The molecule has 5 nitrogen and oxygen atoms in total. The number of carbonyl (C=O) groups is 2. The molecule has 0 radical (unpaired) electrons. The van der Waals surface area contributed by atoms with Gasteiger partial charge in [0.25, 0.3) is 0 Å². The minimum atomic E-state index is -1.93. The Hall–Kier alpha value is -2.44. The minimum Gasteiger partial charge on any atom is -0.464 e. The molecule has 0 bridgehead atoms. The van der Waals surface area contributed by atoms with Crippen molar-refractivity contribution >= 4 is 25.1 Å². The molecular formula is C25H33NO4Si. The van der Waals surface area contributed by atoms with Crippen LogP contribution in [0.15, 0.2) is 30.3 Å². The Bertz CT molecular complexity index is 995. The predicted octanol–water partition coefficient (Wildman–Crippen LogP) is 3.53. The van der Waals surface area contributed by atoms with Crippen LogP contribution in [0.25, 0.3) is 0 Å². The summed E-state index contributed by atoms with van der Waals surface area (Å²) in [6, 6.07) is 10.0. The Morgan fingerprint density at radius 1 is 1.13 bits per heavy atom. The number of benzene rings is 2. The molecule has 3 rings (SSSR count). The predicted molar refractivity (Wildman–Crippen MR) is 125 cm³/mol. The Morgan fingerprint density at radius 3 is 2.35 bits per heavy atom. The van der Waals surface area contributed by atoms with Crippen molar-refractivity contribution in [3.8, 4) is 0 Å². The summed E-state index contributed by atoms with van der Waals surface area (Å²) >= 11 is 0. The number of aliphatic hydroxyl groups is 1. The summed E-state index contributed by atoms with van der Waals surface area (Å²) in [6.07, 6.45) is -1.05. The van der Waals surface area contributed by atoms with Gasteiger partial charge >= 0.3 is 5.97 Å². The Labute approximate surface area is 186 Å². The molecule has 0 aromatic heterocycles. The van der Waals surface area contributed by atoms with Gasteiger partial charge in [-0.1, -0.05) is 55.2 Å². The zero-order valence-electron chi connectivity index (χ0n) is 19.4. The van der Waals surface area contributed by atoms with E-state index in [1.165, 1.54) is 0 Å². The van der Waals surface area contributed by atoms with Gasteiger partial charge in [0.05, 0.1) is 21.1 Å². The van der Waals surface area contributed by atoms with E-state index >= 15 is 0 Å². The van der Waals surface area contributed by atoms with Crippen molar-refractivity contribution in [3.63, 3.8) is 0 Å². The summed E-state index contributed by atoms with van der Waals surface area (Å²) in [7, 11) is -1.93. The van der Waals surface area contributed by atoms with Gasteiger partial charge in [-0.05, 0) is 54.2 Å². The van der Waals surface area contributed by atoms with Crippen LogP contribution in [0.1, 0.15) is 46.4 Å². The maximum absolute atomic E-state index is 13.0. The summed E-state index contributed by atoms with van der Waals surface area (Å²) in [4.78, 5) is 27.3.